The average Bonchev–Trinajstić information content (AvgIpc) is 3.12. The largest absolute Gasteiger partial charge is 0.478 e. The molecule has 162 valence electrons. The highest BCUT2D eigenvalue weighted by atomic mass is 19.1. The zero-order chi connectivity index (χ0) is 22.2. The fourth-order valence-corrected chi connectivity index (χ4v) is 4.07. The fraction of sp³-hybridized carbons (Fsp3) is 0.192. The molecule has 0 aromatic heterocycles. The molecule has 2 aliphatic rings. The van der Waals surface area contributed by atoms with Crippen molar-refractivity contribution in [1.29, 1.82) is 0 Å². The summed E-state index contributed by atoms with van der Waals surface area (Å²) >= 11 is 0. The third kappa shape index (κ3) is 3.89. The summed E-state index contributed by atoms with van der Waals surface area (Å²) in [6, 6.07) is 14.3. The second-order valence-corrected chi connectivity index (χ2v) is 8.07. The van der Waals surface area contributed by atoms with E-state index in [9.17, 15) is 13.6 Å². The van der Waals surface area contributed by atoms with Gasteiger partial charge < -0.3 is 9.47 Å². The molecule has 0 fully saturated rings. The number of rotatable bonds is 4. The summed E-state index contributed by atoms with van der Waals surface area (Å²) < 4.78 is 38.3. The van der Waals surface area contributed by atoms with Crippen LogP contribution in [0.15, 0.2) is 60.4 Å². The fourth-order valence-electron chi connectivity index (χ4n) is 4.07. The van der Waals surface area contributed by atoms with Gasteiger partial charge in [0.25, 0.3) is 0 Å². The Kier molecular flexibility index (Phi) is 5.23. The van der Waals surface area contributed by atoms with Crippen molar-refractivity contribution in [2.45, 2.75) is 19.9 Å². The zero-order valence-electron chi connectivity index (χ0n) is 17.5. The molecule has 0 amide bonds. The van der Waals surface area contributed by atoms with Crippen LogP contribution in [0.3, 0.4) is 0 Å². The summed E-state index contributed by atoms with van der Waals surface area (Å²) in [5.41, 5.74) is 3.91. The molecular weight excluding hydrogens is 412 g/mol. The highest BCUT2D eigenvalue weighted by Gasteiger charge is 2.35. The number of hydrogen-bond donors (Lipinski definition) is 0. The molecule has 0 saturated heterocycles. The predicted octanol–water partition coefficient (Wildman–Crippen LogP) is 5.28. The molecule has 0 atom stereocenters. The van der Waals surface area contributed by atoms with Crippen LogP contribution in [0, 0.1) is 18.6 Å². The molecule has 0 bridgehead atoms. The highest BCUT2D eigenvalue weighted by Crippen LogP contribution is 2.44. The van der Waals surface area contributed by atoms with Crippen LogP contribution in [0.1, 0.15) is 32.6 Å². The van der Waals surface area contributed by atoms with E-state index in [0.29, 0.717) is 30.2 Å². The van der Waals surface area contributed by atoms with E-state index in [1.54, 1.807) is 30.3 Å². The molecule has 0 N–H and O–H groups in total. The number of fused-ring (bicyclic) bond motifs is 3. The van der Waals surface area contributed by atoms with Crippen molar-refractivity contribution in [3.8, 4) is 11.5 Å². The number of Topliss-reactive ketones (excluding diaryl/α,β-unsaturated/α-hetero) is 1. The lowest BCUT2D eigenvalue weighted by atomic mass is 9.98. The number of hydrogen-bond acceptors (Lipinski definition) is 4. The van der Waals surface area contributed by atoms with Crippen molar-refractivity contribution in [2.24, 2.45) is 0 Å². The average molecular weight is 433 g/mol. The molecule has 6 heteroatoms. The maximum atomic E-state index is 13.2. The highest BCUT2D eigenvalue weighted by molar-refractivity contribution is 6.15. The van der Waals surface area contributed by atoms with E-state index in [1.165, 1.54) is 24.3 Å². The number of allylic oxidation sites excluding steroid dienone is 1. The SMILES string of the molecule is Cc1cc2c(c3c1C(=O)/C(=C\c1ccc(F)cc1)O3)CN(CCc1ccc(F)cc1)CO2. The van der Waals surface area contributed by atoms with Gasteiger partial charge >= 0.3 is 0 Å². The number of carbonyl (C=O) groups excluding carboxylic acids is 1. The Morgan fingerprint density at radius 3 is 2.44 bits per heavy atom. The van der Waals surface area contributed by atoms with E-state index in [2.05, 4.69) is 4.90 Å². The van der Waals surface area contributed by atoms with Crippen molar-refractivity contribution >= 4 is 11.9 Å². The summed E-state index contributed by atoms with van der Waals surface area (Å²) in [6.45, 7) is 3.60. The van der Waals surface area contributed by atoms with Crippen LogP contribution < -0.4 is 9.47 Å². The van der Waals surface area contributed by atoms with Gasteiger partial charge in [-0.2, -0.15) is 0 Å². The Bertz CT molecular complexity index is 1220. The summed E-state index contributed by atoms with van der Waals surface area (Å²) in [4.78, 5) is 15.2. The summed E-state index contributed by atoms with van der Waals surface area (Å²) in [5, 5.41) is 0. The van der Waals surface area contributed by atoms with Gasteiger partial charge in [-0.1, -0.05) is 24.3 Å². The minimum atomic E-state index is -0.336. The maximum absolute atomic E-state index is 13.2. The number of aryl methyl sites for hydroxylation is 1. The van der Waals surface area contributed by atoms with Gasteiger partial charge in [0.15, 0.2) is 5.76 Å². The first-order chi connectivity index (χ1) is 15.5. The molecule has 0 spiro atoms. The van der Waals surface area contributed by atoms with Crippen molar-refractivity contribution < 1.29 is 23.0 Å². The molecule has 0 unspecified atom stereocenters. The Hall–Kier alpha value is -3.51. The molecular formula is C26H21F2NO3. The molecule has 0 aliphatic carbocycles. The molecule has 4 nitrogen and oxygen atoms in total. The second kappa shape index (κ2) is 8.20. The van der Waals surface area contributed by atoms with Crippen LogP contribution in [0.2, 0.25) is 0 Å². The van der Waals surface area contributed by atoms with Crippen molar-refractivity contribution in [3.05, 3.63) is 99.8 Å². The minimum Gasteiger partial charge on any atom is -0.478 e. The third-order valence-electron chi connectivity index (χ3n) is 5.79. The Morgan fingerprint density at radius 2 is 1.72 bits per heavy atom. The molecule has 2 heterocycles. The van der Waals surface area contributed by atoms with Crippen LogP contribution in [0.5, 0.6) is 11.5 Å². The first-order valence-electron chi connectivity index (χ1n) is 10.4. The van der Waals surface area contributed by atoms with Crippen molar-refractivity contribution in [3.63, 3.8) is 0 Å². The molecule has 3 aromatic carbocycles. The van der Waals surface area contributed by atoms with Gasteiger partial charge in [-0.25, -0.2) is 8.78 Å². The zero-order valence-corrected chi connectivity index (χ0v) is 17.5. The van der Waals surface area contributed by atoms with Crippen LogP contribution in [-0.2, 0) is 13.0 Å². The van der Waals surface area contributed by atoms with E-state index in [-0.39, 0.29) is 23.2 Å². The van der Waals surface area contributed by atoms with E-state index in [0.717, 1.165) is 35.4 Å². The lowest BCUT2D eigenvalue weighted by molar-refractivity contribution is 0.0949. The number of ether oxygens (including phenoxy) is 2. The minimum absolute atomic E-state index is 0.187. The van der Waals surface area contributed by atoms with Crippen molar-refractivity contribution in [2.75, 3.05) is 13.3 Å². The Labute approximate surface area is 184 Å². The molecule has 32 heavy (non-hydrogen) atoms. The topological polar surface area (TPSA) is 38.8 Å². The smallest absolute Gasteiger partial charge is 0.232 e. The van der Waals surface area contributed by atoms with Crippen LogP contribution in [0.4, 0.5) is 8.78 Å². The number of nitrogens with zero attached hydrogens (tertiary/aromatic N) is 1. The van der Waals surface area contributed by atoms with Crippen LogP contribution in [-0.4, -0.2) is 24.0 Å². The lowest BCUT2D eigenvalue weighted by Gasteiger charge is -2.30. The van der Waals surface area contributed by atoms with Crippen molar-refractivity contribution in [1.82, 2.24) is 4.90 Å². The van der Waals surface area contributed by atoms with Gasteiger partial charge in [0, 0.05) is 13.1 Å². The number of carbonyl (C=O) groups is 1. The summed E-state index contributed by atoms with van der Waals surface area (Å²) in [5.74, 6) is 0.692. The second-order valence-electron chi connectivity index (χ2n) is 8.07. The van der Waals surface area contributed by atoms with E-state index < -0.39 is 0 Å². The first-order valence-corrected chi connectivity index (χ1v) is 10.4. The molecule has 5 rings (SSSR count). The Balaban J connectivity index is 1.39. The monoisotopic (exact) mass is 433 g/mol. The lowest BCUT2D eigenvalue weighted by Crippen LogP contribution is -2.33. The van der Waals surface area contributed by atoms with Gasteiger partial charge in [0.2, 0.25) is 5.78 Å². The summed E-state index contributed by atoms with van der Waals surface area (Å²) in [6.07, 6.45) is 2.38. The first kappa shape index (κ1) is 20.4. The number of benzene rings is 3. The molecule has 2 aliphatic heterocycles. The van der Waals surface area contributed by atoms with Gasteiger partial charge in [-0.3, -0.25) is 9.69 Å². The van der Waals surface area contributed by atoms with Gasteiger partial charge in [0.1, 0.15) is 29.9 Å². The maximum Gasteiger partial charge on any atom is 0.232 e. The standard InChI is InChI=1S/C26H21F2NO3/c1-16-12-22-21(14-29(15-31-22)11-10-17-2-6-19(27)7-3-17)26-24(16)25(30)23(32-26)13-18-4-8-20(28)9-5-18/h2-9,12-13H,10-11,14-15H2,1H3/b23-13+. The van der Waals surface area contributed by atoms with Gasteiger partial charge in [-0.05, 0) is 66.4 Å². The van der Waals surface area contributed by atoms with E-state index >= 15 is 0 Å². The predicted molar refractivity (Wildman–Crippen MR) is 117 cm³/mol. The van der Waals surface area contributed by atoms with Gasteiger partial charge in [0.05, 0.1) is 11.1 Å². The molecule has 3 aromatic rings. The Morgan fingerprint density at radius 1 is 1.03 bits per heavy atom. The van der Waals surface area contributed by atoms with Crippen LogP contribution >= 0.6 is 0 Å². The number of ketones is 1. The van der Waals surface area contributed by atoms with Crippen LogP contribution in [0.25, 0.3) is 6.08 Å². The molecule has 0 radical (unpaired) electrons. The quantitative estimate of drug-likeness (QED) is 0.525. The van der Waals surface area contributed by atoms with E-state index in [1.807, 2.05) is 13.0 Å². The summed E-state index contributed by atoms with van der Waals surface area (Å²) in [7, 11) is 0. The normalized spacial score (nSPS) is 16.5. The third-order valence-corrected chi connectivity index (χ3v) is 5.79. The number of halogens is 2. The molecule has 0 saturated carbocycles. The van der Waals surface area contributed by atoms with Gasteiger partial charge in [-0.15, -0.1) is 0 Å². The van der Waals surface area contributed by atoms with E-state index in [4.69, 9.17) is 9.47 Å².